The van der Waals surface area contributed by atoms with E-state index in [0.717, 1.165) is 36.9 Å². The molecule has 0 saturated carbocycles. The average molecular weight is 331 g/mol. The number of rotatable bonds is 6. The van der Waals surface area contributed by atoms with Gasteiger partial charge in [-0.2, -0.15) is 0 Å². The van der Waals surface area contributed by atoms with Crippen molar-refractivity contribution in [2.24, 2.45) is 0 Å². The summed E-state index contributed by atoms with van der Waals surface area (Å²) in [7, 11) is 0. The quantitative estimate of drug-likeness (QED) is 0.879. The minimum absolute atomic E-state index is 0.0348. The SMILES string of the molecule is CCCn1c(=O)n(CC(=O)N[C@@H](C)[C@H]2CCCO2)c2ccccc21. The Labute approximate surface area is 141 Å². The molecular weight excluding hydrogens is 306 g/mol. The highest BCUT2D eigenvalue weighted by Gasteiger charge is 2.24. The Balaban J connectivity index is 1.80. The van der Waals surface area contributed by atoms with Gasteiger partial charge in [0, 0.05) is 13.2 Å². The Morgan fingerprint density at radius 1 is 1.33 bits per heavy atom. The second kappa shape index (κ2) is 7.21. The van der Waals surface area contributed by atoms with Gasteiger partial charge in [-0.1, -0.05) is 19.1 Å². The lowest BCUT2D eigenvalue weighted by molar-refractivity contribution is -0.123. The van der Waals surface area contributed by atoms with Crippen molar-refractivity contribution >= 4 is 16.9 Å². The summed E-state index contributed by atoms with van der Waals surface area (Å²) >= 11 is 0. The van der Waals surface area contributed by atoms with E-state index in [4.69, 9.17) is 4.74 Å². The molecule has 1 N–H and O–H groups in total. The number of carbonyl (C=O) groups excluding carboxylic acids is 1. The maximum Gasteiger partial charge on any atom is 0.329 e. The third kappa shape index (κ3) is 3.24. The van der Waals surface area contributed by atoms with Gasteiger partial charge in [0.2, 0.25) is 5.91 Å². The van der Waals surface area contributed by atoms with Crippen LogP contribution in [0.5, 0.6) is 0 Å². The van der Waals surface area contributed by atoms with Crippen molar-refractivity contribution in [3.05, 3.63) is 34.7 Å². The van der Waals surface area contributed by atoms with Crippen molar-refractivity contribution < 1.29 is 9.53 Å². The van der Waals surface area contributed by atoms with E-state index in [1.165, 1.54) is 0 Å². The van der Waals surface area contributed by atoms with E-state index in [1.54, 1.807) is 9.13 Å². The fourth-order valence-corrected chi connectivity index (χ4v) is 3.40. The average Bonchev–Trinajstić information content (AvgIpc) is 3.19. The molecule has 130 valence electrons. The molecule has 0 spiro atoms. The molecule has 0 aliphatic carbocycles. The van der Waals surface area contributed by atoms with Crippen LogP contribution in [0.25, 0.3) is 11.0 Å². The maximum atomic E-state index is 12.7. The van der Waals surface area contributed by atoms with Gasteiger partial charge in [-0.3, -0.25) is 13.9 Å². The number of para-hydroxylation sites is 2. The van der Waals surface area contributed by atoms with Crippen LogP contribution in [-0.2, 0) is 22.6 Å². The number of hydrogen-bond acceptors (Lipinski definition) is 3. The molecule has 0 bridgehead atoms. The smallest absolute Gasteiger partial charge is 0.329 e. The van der Waals surface area contributed by atoms with E-state index >= 15 is 0 Å². The maximum absolute atomic E-state index is 12.7. The van der Waals surface area contributed by atoms with E-state index in [9.17, 15) is 9.59 Å². The second-order valence-electron chi connectivity index (χ2n) is 6.42. The zero-order valence-electron chi connectivity index (χ0n) is 14.3. The van der Waals surface area contributed by atoms with Gasteiger partial charge in [-0.25, -0.2) is 4.79 Å². The molecule has 1 aromatic heterocycles. The summed E-state index contributed by atoms with van der Waals surface area (Å²) in [6.45, 7) is 5.44. The van der Waals surface area contributed by atoms with E-state index < -0.39 is 0 Å². The largest absolute Gasteiger partial charge is 0.376 e. The molecule has 1 aromatic carbocycles. The van der Waals surface area contributed by atoms with Gasteiger partial charge < -0.3 is 10.1 Å². The van der Waals surface area contributed by atoms with Crippen molar-refractivity contribution in [3.63, 3.8) is 0 Å². The van der Waals surface area contributed by atoms with Crippen molar-refractivity contribution in [2.45, 2.75) is 58.3 Å². The standard InChI is InChI=1S/C18H25N3O3/c1-3-10-20-14-7-4-5-8-15(14)21(18(20)23)12-17(22)19-13(2)16-9-6-11-24-16/h4-5,7-8,13,16H,3,6,9-12H2,1-2H3,(H,19,22)/t13-,16+/m0/s1. The third-order valence-corrected chi connectivity index (χ3v) is 4.59. The van der Waals surface area contributed by atoms with Crippen LogP contribution in [0.1, 0.15) is 33.1 Å². The van der Waals surface area contributed by atoms with Crippen molar-refractivity contribution in [1.29, 1.82) is 0 Å². The molecule has 1 amide bonds. The summed E-state index contributed by atoms with van der Waals surface area (Å²) in [4.78, 5) is 25.1. The number of nitrogens with zero attached hydrogens (tertiary/aromatic N) is 2. The fourth-order valence-electron chi connectivity index (χ4n) is 3.40. The highest BCUT2D eigenvalue weighted by molar-refractivity contribution is 5.81. The monoisotopic (exact) mass is 331 g/mol. The molecule has 0 unspecified atom stereocenters. The molecule has 1 saturated heterocycles. The van der Waals surface area contributed by atoms with Crippen LogP contribution >= 0.6 is 0 Å². The molecule has 2 heterocycles. The predicted molar refractivity (Wildman–Crippen MR) is 93.1 cm³/mol. The summed E-state index contributed by atoms with van der Waals surface area (Å²) in [5.41, 5.74) is 1.55. The zero-order chi connectivity index (χ0) is 17.1. The summed E-state index contributed by atoms with van der Waals surface area (Å²) in [5, 5.41) is 2.97. The molecule has 1 aliphatic heterocycles. The minimum Gasteiger partial charge on any atom is -0.376 e. The van der Waals surface area contributed by atoms with Gasteiger partial charge in [0.15, 0.2) is 0 Å². The minimum atomic E-state index is -0.153. The van der Waals surface area contributed by atoms with Crippen LogP contribution in [0.2, 0.25) is 0 Å². The first-order valence-electron chi connectivity index (χ1n) is 8.71. The number of carbonyl (C=O) groups is 1. The number of aryl methyl sites for hydroxylation is 1. The van der Waals surface area contributed by atoms with E-state index in [0.29, 0.717) is 6.54 Å². The van der Waals surface area contributed by atoms with Crippen LogP contribution in [0.3, 0.4) is 0 Å². The Hall–Kier alpha value is -2.08. The molecule has 24 heavy (non-hydrogen) atoms. The van der Waals surface area contributed by atoms with Crippen molar-refractivity contribution in [2.75, 3.05) is 6.61 Å². The molecule has 1 fully saturated rings. The molecule has 6 nitrogen and oxygen atoms in total. The second-order valence-corrected chi connectivity index (χ2v) is 6.42. The molecule has 2 atom stereocenters. The number of amides is 1. The van der Waals surface area contributed by atoms with Gasteiger partial charge in [-0.15, -0.1) is 0 Å². The van der Waals surface area contributed by atoms with Gasteiger partial charge in [0.25, 0.3) is 0 Å². The lowest BCUT2D eigenvalue weighted by Gasteiger charge is -2.20. The van der Waals surface area contributed by atoms with Crippen LogP contribution < -0.4 is 11.0 Å². The Kier molecular flexibility index (Phi) is 5.04. The molecule has 2 aromatic rings. The lowest BCUT2D eigenvalue weighted by atomic mass is 10.1. The van der Waals surface area contributed by atoms with Gasteiger partial charge in [0.1, 0.15) is 6.54 Å². The van der Waals surface area contributed by atoms with Crippen LogP contribution in [-0.4, -0.2) is 33.8 Å². The van der Waals surface area contributed by atoms with Gasteiger partial charge >= 0.3 is 5.69 Å². The number of benzene rings is 1. The van der Waals surface area contributed by atoms with E-state index in [2.05, 4.69) is 5.32 Å². The first-order valence-corrected chi connectivity index (χ1v) is 8.71. The van der Waals surface area contributed by atoms with Crippen LogP contribution in [0.15, 0.2) is 29.1 Å². The normalized spacial score (nSPS) is 18.8. The lowest BCUT2D eigenvalue weighted by Crippen LogP contribution is -2.43. The number of fused-ring (bicyclic) bond motifs is 1. The fraction of sp³-hybridized carbons (Fsp3) is 0.556. The Morgan fingerprint density at radius 2 is 2.04 bits per heavy atom. The Morgan fingerprint density at radius 3 is 2.67 bits per heavy atom. The van der Waals surface area contributed by atoms with Crippen molar-refractivity contribution in [3.8, 4) is 0 Å². The van der Waals surface area contributed by atoms with Crippen molar-refractivity contribution in [1.82, 2.24) is 14.5 Å². The summed E-state index contributed by atoms with van der Waals surface area (Å²) in [6, 6.07) is 7.58. The molecule has 3 rings (SSSR count). The third-order valence-electron chi connectivity index (χ3n) is 4.59. The molecular formula is C18H25N3O3. The number of imidazole rings is 1. The van der Waals surface area contributed by atoms with E-state index in [1.807, 2.05) is 38.1 Å². The number of aromatic nitrogens is 2. The number of ether oxygens (including phenoxy) is 1. The predicted octanol–water partition coefficient (Wildman–Crippen LogP) is 1.90. The molecule has 6 heteroatoms. The summed E-state index contributed by atoms with van der Waals surface area (Å²) in [5.74, 6) is -0.153. The summed E-state index contributed by atoms with van der Waals surface area (Å²) < 4.78 is 8.91. The van der Waals surface area contributed by atoms with Gasteiger partial charge in [0.05, 0.1) is 23.2 Å². The zero-order valence-corrected chi connectivity index (χ0v) is 14.3. The highest BCUT2D eigenvalue weighted by Crippen LogP contribution is 2.16. The van der Waals surface area contributed by atoms with E-state index in [-0.39, 0.29) is 30.3 Å². The first kappa shape index (κ1) is 16.8. The molecule has 1 aliphatic rings. The first-order chi connectivity index (χ1) is 11.6. The number of hydrogen-bond donors (Lipinski definition) is 1. The van der Waals surface area contributed by atoms with Crippen LogP contribution in [0.4, 0.5) is 0 Å². The summed E-state index contributed by atoms with van der Waals surface area (Å²) in [6.07, 6.45) is 2.95. The highest BCUT2D eigenvalue weighted by atomic mass is 16.5. The van der Waals surface area contributed by atoms with Crippen LogP contribution in [0, 0.1) is 0 Å². The topological polar surface area (TPSA) is 65.3 Å². The van der Waals surface area contributed by atoms with Gasteiger partial charge in [-0.05, 0) is 38.3 Å². The number of nitrogens with one attached hydrogen (secondary N) is 1. The molecule has 0 radical (unpaired) electrons. The Bertz CT molecular complexity index is 771.